The zero-order valence-electron chi connectivity index (χ0n) is 16.8. The van der Waals surface area contributed by atoms with E-state index in [1.54, 1.807) is 0 Å². The Morgan fingerprint density at radius 3 is 1.52 bits per heavy atom. The van der Waals surface area contributed by atoms with E-state index in [-0.39, 0.29) is 19.3 Å². The van der Waals surface area contributed by atoms with Gasteiger partial charge in [-0.25, -0.2) is 22.0 Å². The van der Waals surface area contributed by atoms with Crippen LogP contribution in [0.15, 0.2) is 0 Å². The number of benzene rings is 1. The number of hydrogen-bond acceptors (Lipinski definition) is 3. The molecule has 0 spiro atoms. The van der Waals surface area contributed by atoms with E-state index >= 15 is 0 Å². The van der Waals surface area contributed by atoms with Crippen molar-refractivity contribution in [1.82, 2.24) is 0 Å². The first-order valence-corrected chi connectivity index (χ1v) is 10.3. The van der Waals surface area contributed by atoms with Gasteiger partial charge in [0, 0.05) is 11.5 Å². The maximum atomic E-state index is 13.6. The van der Waals surface area contributed by atoms with Crippen LogP contribution in [0.3, 0.4) is 0 Å². The summed E-state index contributed by atoms with van der Waals surface area (Å²) in [4.78, 5) is 0. The molecule has 3 nitrogen and oxygen atoms in total. The van der Waals surface area contributed by atoms with Gasteiger partial charge in [-0.2, -0.15) is 0 Å². The Bertz CT molecular complexity index is 603. The zero-order valence-corrected chi connectivity index (χ0v) is 16.8. The fraction of sp³-hybridized carbons (Fsp3) is 0.714. The molecule has 0 saturated carbocycles. The summed E-state index contributed by atoms with van der Waals surface area (Å²) in [6.07, 6.45) is 7.42. The van der Waals surface area contributed by atoms with Gasteiger partial charge in [0.15, 0.2) is 23.3 Å². The highest BCUT2D eigenvalue weighted by atomic mass is 19.2. The summed E-state index contributed by atoms with van der Waals surface area (Å²) in [5.74, 6) is -13.3. The van der Waals surface area contributed by atoms with E-state index in [1.165, 1.54) is 0 Å². The Labute approximate surface area is 168 Å². The van der Waals surface area contributed by atoms with Gasteiger partial charge in [0.05, 0.1) is 0 Å². The summed E-state index contributed by atoms with van der Waals surface area (Å²) in [5, 5.41) is 28.5. The summed E-state index contributed by atoms with van der Waals surface area (Å²) < 4.78 is 66.7. The molecule has 0 fully saturated rings. The number of unbranched alkanes of at least 4 members (excludes halogenated alkanes) is 7. The Morgan fingerprint density at radius 1 is 0.621 bits per heavy atom. The molecular formula is C21H31F5O3. The van der Waals surface area contributed by atoms with E-state index in [9.17, 15) is 37.3 Å². The molecule has 29 heavy (non-hydrogen) atoms. The van der Waals surface area contributed by atoms with Gasteiger partial charge in [-0.05, 0) is 25.7 Å². The average molecular weight is 426 g/mol. The summed E-state index contributed by atoms with van der Waals surface area (Å²) >= 11 is 0. The molecule has 1 atom stereocenters. The van der Waals surface area contributed by atoms with Gasteiger partial charge in [-0.15, -0.1) is 0 Å². The van der Waals surface area contributed by atoms with Crippen LogP contribution >= 0.6 is 0 Å². The van der Waals surface area contributed by atoms with Gasteiger partial charge in [0.1, 0.15) is 0 Å². The Morgan fingerprint density at radius 2 is 1.03 bits per heavy atom. The van der Waals surface area contributed by atoms with E-state index < -0.39 is 46.5 Å². The third-order valence-corrected chi connectivity index (χ3v) is 5.23. The van der Waals surface area contributed by atoms with Crippen molar-refractivity contribution in [3.8, 4) is 0 Å². The van der Waals surface area contributed by atoms with Crippen molar-refractivity contribution in [3.63, 3.8) is 0 Å². The molecule has 8 heteroatoms. The Hall–Kier alpha value is -1.25. The smallest absolute Gasteiger partial charge is 0.278 e. The lowest BCUT2D eigenvalue weighted by atomic mass is 9.92. The van der Waals surface area contributed by atoms with Crippen molar-refractivity contribution >= 4 is 0 Å². The van der Waals surface area contributed by atoms with Crippen LogP contribution < -0.4 is 0 Å². The molecule has 0 saturated heterocycles. The zero-order chi connectivity index (χ0) is 22.0. The van der Waals surface area contributed by atoms with Crippen LogP contribution in [0.25, 0.3) is 0 Å². The van der Waals surface area contributed by atoms with Crippen molar-refractivity contribution < 1.29 is 37.3 Å². The van der Waals surface area contributed by atoms with Crippen LogP contribution in [0.4, 0.5) is 22.0 Å². The van der Waals surface area contributed by atoms with Crippen LogP contribution in [0.2, 0.25) is 0 Å². The summed E-state index contributed by atoms with van der Waals surface area (Å²) in [7, 11) is 0. The van der Waals surface area contributed by atoms with Crippen molar-refractivity contribution in [2.75, 3.05) is 0 Å². The average Bonchev–Trinajstić information content (AvgIpc) is 2.67. The summed E-state index contributed by atoms with van der Waals surface area (Å²) in [6.45, 7) is 2.11. The van der Waals surface area contributed by atoms with Gasteiger partial charge in [-0.1, -0.05) is 58.3 Å². The minimum atomic E-state index is -2.80. The first-order valence-electron chi connectivity index (χ1n) is 10.3. The molecule has 0 amide bonds. The molecule has 0 aliphatic heterocycles. The van der Waals surface area contributed by atoms with Crippen LogP contribution in [0.1, 0.15) is 83.1 Å². The molecule has 1 rings (SSSR count). The predicted molar refractivity (Wildman–Crippen MR) is 99.3 cm³/mol. The number of aliphatic hydroxyl groups is 3. The van der Waals surface area contributed by atoms with E-state index in [2.05, 4.69) is 6.92 Å². The SMILES string of the molecule is CCCCCCCCC(CCCCCc1c(F)c(F)c(F)c(F)c1F)C(O)(O)O. The van der Waals surface area contributed by atoms with E-state index in [0.717, 1.165) is 38.5 Å². The van der Waals surface area contributed by atoms with Gasteiger partial charge in [0.25, 0.3) is 5.97 Å². The van der Waals surface area contributed by atoms with Crippen molar-refractivity contribution in [3.05, 3.63) is 34.6 Å². The summed E-state index contributed by atoms with van der Waals surface area (Å²) in [6, 6.07) is 0. The molecule has 3 N–H and O–H groups in total. The molecule has 168 valence electrons. The molecule has 0 aromatic heterocycles. The van der Waals surface area contributed by atoms with E-state index in [4.69, 9.17) is 0 Å². The maximum Gasteiger partial charge on any atom is 0.278 e. The largest absolute Gasteiger partial charge is 0.343 e. The molecule has 0 radical (unpaired) electrons. The number of rotatable bonds is 14. The fourth-order valence-corrected chi connectivity index (χ4v) is 3.44. The third kappa shape index (κ3) is 8.18. The minimum Gasteiger partial charge on any atom is -0.343 e. The summed E-state index contributed by atoms with van der Waals surface area (Å²) in [5.41, 5.74) is -0.842. The molecule has 1 aromatic carbocycles. The molecular weight excluding hydrogens is 395 g/mol. The highest BCUT2D eigenvalue weighted by molar-refractivity contribution is 5.24. The van der Waals surface area contributed by atoms with Gasteiger partial charge in [0.2, 0.25) is 5.82 Å². The van der Waals surface area contributed by atoms with Crippen molar-refractivity contribution in [2.45, 2.75) is 89.9 Å². The lowest BCUT2D eigenvalue weighted by molar-refractivity contribution is -0.344. The highest BCUT2D eigenvalue weighted by Crippen LogP contribution is 2.27. The second kappa shape index (κ2) is 12.4. The lowest BCUT2D eigenvalue weighted by Gasteiger charge is -2.26. The third-order valence-electron chi connectivity index (χ3n) is 5.23. The van der Waals surface area contributed by atoms with Crippen LogP contribution in [-0.2, 0) is 6.42 Å². The van der Waals surface area contributed by atoms with Gasteiger partial charge >= 0.3 is 0 Å². The lowest BCUT2D eigenvalue weighted by Crippen LogP contribution is -2.37. The first kappa shape index (κ1) is 25.8. The van der Waals surface area contributed by atoms with Gasteiger partial charge < -0.3 is 15.3 Å². The fourth-order valence-electron chi connectivity index (χ4n) is 3.44. The molecule has 0 heterocycles. The molecule has 0 aliphatic rings. The van der Waals surface area contributed by atoms with Crippen molar-refractivity contribution in [1.29, 1.82) is 0 Å². The Balaban J connectivity index is 2.44. The number of hydrogen-bond donors (Lipinski definition) is 3. The second-order valence-corrected chi connectivity index (χ2v) is 7.59. The predicted octanol–water partition coefficient (Wildman–Crippen LogP) is 5.48. The first-order chi connectivity index (χ1) is 13.6. The number of halogens is 5. The Kier molecular flexibility index (Phi) is 11.1. The van der Waals surface area contributed by atoms with Crippen molar-refractivity contribution in [2.24, 2.45) is 5.92 Å². The van der Waals surface area contributed by atoms with E-state index in [1.807, 2.05) is 0 Å². The van der Waals surface area contributed by atoms with Gasteiger partial charge in [-0.3, -0.25) is 0 Å². The second-order valence-electron chi connectivity index (χ2n) is 7.59. The molecule has 1 unspecified atom stereocenters. The minimum absolute atomic E-state index is 0.164. The molecule has 0 bridgehead atoms. The van der Waals surface area contributed by atoms with Crippen LogP contribution in [0, 0.1) is 35.0 Å². The maximum absolute atomic E-state index is 13.6. The topological polar surface area (TPSA) is 60.7 Å². The van der Waals surface area contributed by atoms with Crippen LogP contribution in [0.5, 0.6) is 0 Å². The molecule has 1 aromatic rings. The quantitative estimate of drug-likeness (QED) is 0.121. The normalized spacial score (nSPS) is 13.1. The highest BCUT2D eigenvalue weighted by Gasteiger charge is 2.31. The standard InChI is InChI=1S/C21H31F5O3/c1-2-3-4-5-6-8-11-14(21(27,28)29)12-9-7-10-13-15-16(22)18(24)20(26)19(25)17(15)23/h14,27-29H,2-13H2,1H3. The molecule has 0 aliphatic carbocycles. The van der Waals surface area contributed by atoms with Crippen LogP contribution in [-0.4, -0.2) is 21.3 Å². The monoisotopic (exact) mass is 426 g/mol. The van der Waals surface area contributed by atoms with E-state index in [0.29, 0.717) is 19.3 Å².